The lowest BCUT2D eigenvalue weighted by Crippen LogP contribution is -2.50. The Balaban J connectivity index is 0.00000169. The number of fused-ring (bicyclic) bond motifs is 1. The van der Waals surface area contributed by atoms with E-state index in [9.17, 15) is 24.2 Å². The third kappa shape index (κ3) is 4.99. The zero-order chi connectivity index (χ0) is 17.3. The van der Waals surface area contributed by atoms with Crippen LogP contribution in [0.25, 0.3) is 0 Å². The summed E-state index contributed by atoms with van der Waals surface area (Å²) in [6.07, 6.45) is 3.24. The lowest BCUT2D eigenvalue weighted by Gasteiger charge is -2.42. The summed E-state index contributed by atoms with van der Waals surface area (Å²) in [5.41, 5.74) is 0.335. The van der Waals surface area contributed by atoms with Crippen molar-refractivity contribution >= 4 is 42.4 Å². The molecule has 1 aliphatic carbocycles. The number of piperidine rings is 1. The van der Waals surface area contributed by atoms with E-state index >= 15 is 0 Å². The van der Waals surface area contributed by atoms with Gasteiger partial charge in [-0.2, -0.15) is 0 Å². The van der Waals surface area contributed by atoms with Crippen molar-refractivity contribution in [2.45, 2.75) is 37.8 Å². The van der Waals surface area contributed by atoms with Crippen LogP contribution in [0, 0.1) is 17.7 Å². The first kappa shape index (κ1) is 22.5. The summed E-state index contributed by atoms with van der Waals surface area (Å²) < 4.78 is 13.3. The van der Waals surface area contributed by atoms with Gasteiger partial charge in [-0.25, -0.2) is 9.18 Å². The minimum atomic E-state index is -1.17. The number of benzene rings is 1. The summed E-state index contributed by atoms with van der Waals surface area (Å²) in [5, 5.41) is 24.7. The first-order chi connectivity index (χ1) is 11.4. The second kappa shape index (κ2) is 9.39. The van der Waals surface area contributed by atoms with Gasteiger partial charge in [-0.05, 0) is 62.3 Å². The van der Waals surface area contributed by atoms with Gasteiger partial charge < -0.3 is 20.8 Å². The van der Waals surface area contributed by atoms with Gasteiger partial charge in [-0.1, -0.05) is 0 Å². The van der Waals surface area contributed by atoms with Crippen LogP contribution >= 0.6 is 24.8 Å². The number of hydrogen-bond donors (Lipinski definition) is 4. The highest BCUT2D eigenvalue weighted by atomic mass is 35.5. The Morgan fingerprint density at radius 2 is 1.85 bits per heavy atom. The van der Waals surface area contributed by atoms with E-state index in [-0.39, 0.29) is 36.4 Å². The molecule has 6 nitrogen and oxygen atoms in total. The highest BCUT2D eigenvalue weighted by molar-refractivity contribution is 5.94. The van der Waals surface area contributed by atoms with E-state index in [1.807, 2.05) is 0 Å². The van der Waals surface area contributed by atoms with Gasteiger partial charge >= 0.3 is 11.9 Å². The second-order valence-electron chi connectivity index (χ2n) is 6.70. The Kier molecular flexibility index (Phi) is 8.12. The highest BCUT2D eigenvalue weighted by Gasteiger charge is 2.37. The third-order valence-corrected chi connectivity index (χ3v) is 5.17. The topological polar surface area (TPSA) is 98.7 Å². The van der Waals surface area contributed by atoms with Crippen LogP contribution in [0.2, 0.25) is 0 Å². The van der Waals surface area contributed by atoms with Crippen LogP contribution in [0.4, 0.5) is 10.1 Å². The van der Waals surface area contributed by atoms with Crippen molar-refractivity contribution < 1.29 is 24.2 Å². The Bertz CT molecular complexity index is 662. The van der Waals surface area contributed by atoms with Crippen molar-refractivity contribution in [1.82, 2.24) is 5.32 Å². The molecule has 26 heavy (non-hydrogen) atoms. The van der Waals surface area contributed by atoms with Crippen LogP contribution in [0.1, 0.15) is 36.0 Å². The lowest BCUT2D eigenvalue weighted by atomic mass is 9.72. The fourth-order valence-electron chi connectivity index (χ4n) is 3.92. The fraction of sp³-hybridized carbons (Fsp3) is 0.529. The van der Waals surface area contributed by atoms with Crippen molar-refractivity contribution in [3.05, 3.63) is 29.6 Å². The lowest BCUT2D eigenvalue weighted by molar-refractivity contribution is -0.141. The minimum Gasteiger partial charge on any atom is -0.480 e. The molecule has 3 rings (SSSR count). The molecule has 1 aromatic rings. The van der Waals surface area contributed by atoms with Crippen LogP contribution in [0.3, 0.4) is 0 Å². The van der Waals surface area contributed by atoms with E-state index in [0.717, 1.165) is 25.3 Å². The molecule has 1 saturated carbocycles. The molecule has 9 heteroatoms. The molecule has 1 saturated heterocycles. The van der Waals surface area contributed by atoms with Gasteiger partial charge in [-0.15, -0.1) is 24.8 Å². The number of carboxylic acids is 2. The normalized spacial score (nSPS) is 27.3. The maximum Gasteiger partial charge on any atom is 0.337 e. The SMILES string of the molecule is Cl.Cl.O=C(O)c1cc(F)ccc1NC1CCC2CNC(C(=O)O)CC2C1. The molecule has 1 aliphatic heterocycles. The molecule has 0 aromatic heterocycles. The number of rotatable bonds is 4. The first-order valence-electron chi connectivity index (χ1n) is 8.19. The minimum absolute atomic E-state index is 0. The Hall–Kier alpha value is -1.57. The van der Waals surface area contributed by atoms with Gasteiger partial charge in [-0.3, -0.25) is 4.79 Å². The zero-order valence-corrected chi connectivity index (χ0v) is 15.6. The zero-order valence-electron chi connectivity index (χ0n) is 14.0. The number of hydrogen-bond acceptors (Lipinski definition) is 4. The highest BCUT2D eigenvalue weighted by Crippen LogP contribution is 2.37. The summed E-state index contributed by atoms with van der Waals surface area (Å²) in [5.74, 6) is -1.81. The maximum atomic E-state index is 13.3. The summed E-state index contributed by atoms with van der Waals surface area (Å²) in [7, 11) is 0. The number of carbonyl (C=O) groups is 2. The van der Waals surface area contributed by atoms with E-state index < -0.39 is 23.8 Å². The molecule has 4 unspecified atom stereocenters. The smallest absolute Gasteiger partial charge is 0.337 e. The van der Waals surface area contributed by atoms with Crippen LogP contribution in [-0.4, -0.2) is 40.8 Å². The van der Waals surface area contributed by atoms with Gasteiger partial charge in [0.2, 0.25) is 0 Å². The van der Waals surface area contributed by atoms with Gasteiger partial charge in [0.15, 0.2) is 0 Å². The molecule has 2 fully saturated rings. The van der Waals surface area contributed by atoms with Gasteiger partial charge in [0.1, 0.15) is 11.9 Å². The average Bonchev–Trinajstić information content (AvgIpc) is 2.55. The number of halogens is 3. The molecule has 0 spiro atoms. The van der Waals surface area contributed by atoms with Crippen molar-refractivity contribution in [2.24, 2.45) is 11.8 Å². The quantitative estimate of drug-likeness (QED) is 0.611. The van der Waals surface area contributed by atoms with E-state index in [2.05, 4.69) is 10.6 Å². The van der Waals surface area contributed by atoms with Crippen LogP contribution < -0.4 is 10.6 Å². The van der Waals surface area contributed by atoms with Gasteiger partial charge in [0.25, 0.3) is 0 Å². The molecule has 4 N–H and O–H groups in total. The van der Waals surface area contributed by atoms with E-state index in [1.165, 1.54) is 12.1 Å². The van der Waals surface area contributed by atoms with E-state index in [1.54, 1.807) is 0 Å². The van der Waals surface area contributed by atoms with Crippen molar-refractivity contribution in [3.8, 4) is 0 Å². The van der Waals surface area contributed by atoms with Crippen molar-refractivity contribution in [2.75, 3.05) is 11.9 Å². The molecule has 4 atom stereocenters. The molecule has 0 amide bonds. The van der Waals surface area contributed by atoms with Gasteiger partial charge in [0, 0.05) is 11.7 Å². The number of anilines is 1. The van der Waals surface area contributed by atoms with Crippen LogP contribution in [0.5, 0.6) is 0 Å². The summed E-state index contributed by atoms with van der Waals surface area (Å²) in [4.78, 5) is 22.5. The molecule has 0 radical (unpaired) electrons. The van der Waals surface area contributed by atoms with E-state index in [0.29, 0.717) is 30.5 Å². The average molecular weight is 409 g/mol. The Labute approximate surface area is 163 Å². The number of aromatic carboxylic acids is 1. The summed E-state index contributed by atoms with van der Waals surface area (Å²) >= 11 is 0. The Morgan fingerprint density at radius 1 is 1.12 bits per heavy atom. The molecule has 2 aliphatic rings. The molecule has 1 heterocycles. The molecule has 0 bridgehead atoms. The summed E-state index contributed by atoms with van der Waals surface area (Å²) in [6.45, 7) is 0.714. The van der Waals surface area contributed by atoms with Crippen molar-refractivity contribution in [1.29, 1.82) is 0 Å². The van der Waals surface area contributed by atoms with Crippen LogP contribution in [0.15, 0.2) is 18.2 Å². The largest absolute Gasteiger partial charge is 0.480 e. The molecule has 146 valence electrons. The van der Waals surface area contributed by atoms with Crippen LogP contribution in [-0.2, 0) is 4.79 Å². The molecular formula is C17H23Cl2FN2O4. The second-order valence-corrected chi connectivity index (χ2v) is 6.70. The van der Waals surface area contributed by atoms with E-state index in [4.69, 9.17) is 0 Å². The van der Waals surface area contributed by atoms with Crippen molar-refractivity contribution in [3.63, 3.8) is 0 Å². The predicted octanol–water partition coefficient (Wildman–Crippen LogP) is 3.01. The third-order valence-electron chi connectivity index (χ3n) is 5.17. The summed E-state index contributed by atoms with van der Waals surface area (Å²) in [6, 6.07) is 3.27. The number of aliphatic carboxylic acids is 1. The monoisotopic (exact) mass is 408 g/mol. The number of nitrogens with one attached hydrogen (secondary N) is 2. The maximum absolute atomic E-state index is 13.3. The fourth-order valence-corrected chi connectivity index (χ4v) is 3.92. The number of carboxylic acid groups (broad SMARTS) is 2. The predicted molar refractivity (Wildman–Crippen MR) is 100 cm³/mol. The molecule has 1 aromatic carbocycles. The first-order valence-corrected chi connectivity index (χ1v) is 8.19. The standard InChI is InChI=1S/C17H21FN2O4.2ClH/c18-11-2-4-14(13(7-11)16(21)22)20-12-3-1-9-8-19-15(17(23)24)6-10(9)5-12;;/h2,4,7,9-10,12,15,19-20H,1,3,5-6,8H2,(H,21,22)(H,23,24);2*1H. The van der Waals surface area contributed by atoms with Gasteiger partial charge in [0.05, 0.1) is 5.56 Å². The molecular weight excluding hydrogens is 386 g/mol. The Morgan fingerprint density at radius 3 is 2.50 bits per heavy atom.